The molecule has 138 valence electrons. The number of phenols is 1. The summed E-state index contributed by atoms with van der Waals surface area (Å²) < 4.78 is 5.67. The fourth-order valence-electron chi connectivity index (χ4n) is 2.71. The molecule has 2 N–H and O–H groups in total. The minimum atomic E-state index is -0.316. The minimum absolute atomic E-state index is 0.0361. The van der Waals surface area contributed by atoms with Crippen molar-refractivity contribution >= 4 is 40.4 Å². The number of amides is 1. The Balaban J connectivity index is 1.49. The lowest BCUT2D eigenvalue weighted by Crippen LogP contribution is -2.07. The van der Waals surface area contributed by atoms with E-state index in [0.717, 1.165) is 5.56 Å². The van der Waals surface area contributed by atoms with Crippen molar-refractivity contribution in [3.05, 3.63) is 83.4 Å². The largest absolute Gasteiger partial charge is 0.507 e. The van der Waals surface area contributed by atoms with Crippen LogP contribution in [0.2, 0.25) is 5.02 Å². The number of oxazole rings is 1. The molecule has 0 aliphatic heterocycles. The number of aromatic nitrogens is 1. The standard InChI is InChI=1S/C22H15ClN2O3/c23-15-8-5-14(6-9-15)7-12-21(27)24-16-10-11-17(19(26)13-16)22-25-18-3-1-2-4-20(18)28-22/h1-13,26H,(H,24,27)/b12-7+. The van der Waals surface area contributed by atoms with Crippen LogP contribution in [0.3, 0.4) is 0 Å². The molecule has 0 aliphatic rings. The van der Waals surface area contributed by atoms with Crippen LogP contribution in [0, 0.1) is 0 Å². The number of nitrogens with one attached hydrogen (secondary N) is 1. The Hall–Kier alpha value is -3.57. The summed E-state index contributed by atoms with van der Waals surface area (Å²) in [4.78, 5) is 16.5. The van der Waals surface area contributed by atoms with Crippen molar-refractivity contribution in [3.8, 4) is 17.2 Å². The van der Waals surface area contributed by atoms with Gasteiger partial charge in [0.05, 0.1) is 5.56 Å². The topological polar surface area (TPSA) is 75.4 Å². The summed E-state index contributed by atoms with van der Waals surface area (Å²) in [5.41, 5.74) is 3.12. The van der Waals surface area contributed by atoms with Gasteiger partial charge in [-0.05, 0) is 48.0 Å². The van der Waals surface area contributed by atoms with Crippen molar-refractivity contribution in [1.82, 2.24) is 4.98 Å². The highest BCUT2D eigenvalue weighted by Crippen LogP contribution is 2.33. The van der Waals surface area contributed by atoms with Gasteiger partial charge in [0, 0.05) is 22.9 Å². The number of phenolic OH excluding ortho intramolecular Hbond substituents is 1. The first kappa shape index (κ1) is 17.8. The second-order valence-corrected chi connectivity index (χ2v) is 6.53. The number of benzene rings is 3. The van der Waals surface area contributed by atoms with Crippen molar-refractivity contribution in [2.24, 2.45) is 0 Å². The Labute approximate surface area is 165 Å². The summed E-state index contributed by atoms with van der Waals surface area (Å²) in [5, 5.41) is 13.7. The van der Waals surface area contributed by atoms with Gasteiger partial charge in [0.2, 0.25) is 11.8 Å². The van der Waals surface area contributed by atoms with Crippen LogP contribution < -0.4 is 5.32 Å². The normalized spacial score (nSPS) is 11.2. The monoisotopic (exact) mass is 390 g/mol. The first-order valence-electron chi connectivity index (χ1n) is 8.52. The lowest BCUT2D eigenvalue weighted by molar-refractivity contribution is -0.111. The molecule has 4 aromatic rings. The van der Waals surface area contributed by atoms with E-state index in [1.165, 1.54) is 12.1 Å². The number of para-hydroxylation sites is 2. The van der Waals surface area contributed by atoms with E-state index in [1.807, 2.05) is 36.4 Å². The first-order valence-corrected chi connectivity index (χ1v) is 8.90. The van der Waals surface area contributed by atoms with Crippen LogP contribution in [0.15, 0.2) is 77.2 Å². The van der Waals surface area contributed by atoms with Crippen molar-refractivity contribution in [2.45, 2.75) is 0 Å². The van der Waals surface area contributed by atoms with E-state index in [1.54, 1.807) is 30.3 Å². The molecule has 0 unspecified atom stereocenters. The van der Waals surface area contributed by atoms with Crippen LogP contribution in [0.4, 0.5) is 5.69 Å². The third-order valence-corrected chi connectivity index (χ3v) is 4.34. The molecule has 0 atom stereocenters. The molecule has 0 spiro atoms. The third-order valence-electron chi connectivity index (χ3n) is 4.09. The van der Waals surface area contributed by atoms with Gasteiger partial charge in [0.1, 0.15) is 11.3 Å². The SMILES string of the molecule is O=C(/C=C/c1ccc(Cl)cc1)Nc1ccc(-c2nc3ccccc3o2)c(O)c1. The summed E-state index contributed by atoms with van der Waals surface area (Å²) in [7, 11) is 0. The molecule has 4 rings (SSSR count). The summed E-state index contributed by atoms with van der Waals surface area (Å²) >= 11 is 5.84. The van der Waals surface area contributed by atoms with Crippen molar-refractivity contribution in [2.75, 3.05) is 5.32 Å². The van der Waals surface area contributed by atoms with E-state index in [4.69, 9.17) is 16.0 Å². The zero-order chi connectivity index (χ0) is 19.5. The maximum Gasteiger partial charge on any atom is 0.248 e. The van der Waals surface area contributed by atoms with Crippen LogP contribution in [0.25, 0.3) is 28.6 Å². The van der Waals surface area contributed by atoms with E-state index >= 15 is 0 Å². The molecule has 0 saturated heterocycles. The molecule has 1 amide bonds. The Morgan fingerprint density at radius 2 is 1.86 bits per heavy atom. The Morgan fingerprint density at radius 3 is 2.61 bits per heavy atom. The molecule has 28 heavy (non-hydrogen) atoms. The van der Waals surface area contributed by atoms with Gasteiger partial charge >= 0.3 is 0 Å². The number of hydrogen-bond donors (Lipinski definition) is 2. The molecule has 0 aliphatic carbocycles. The molecule has 0 fully saturated rings. The van der Waals surface area contributed by atoms with E-state index in [9.17, 15) is 9.90 Å². The fraction of sp³-hybridized carbons (Fsp3) is 0. The zero-order valence-electron chi connectivity index (χ0n) is 14.6. The predicted molar refractivity (Wildman–Crippen MR) is 110 cm³/mol. The summed E-state index contributed by atoms with van der Waals surface area (Å²) in [5.74, 6) is -0.0331. The quantitative estimate of drug-likeness (QED) is 0.451. The lowest BCUT2D eigenvalue weighted by atomic mass is 10.1. The van der Waals surface area contributed by atoms with Gasteiger partial charge in [0.25, 0.3) is 0 Å². The van der Waals surface area contributed by atoms with E-state index in [-0.39, 0.29) is 11.7 Å². The Bertz CT molecular complexity index is 1150. The van der Waals surface area contributed by atoms with Crippen molar-refractivity contribution in [1.29, 1.82) is 0 Å². The van der Waals surface area contributed by atoms with Gasteiger partial charge in [-0.1, -0.05) is 35.9 Å². The molecule has 1 heterocycles. The van der Waals surface area contributed by atoms with Crippen LogP contribution in [0.5, 0.6) is 5.75 Å². The van der Waals surface area contributed by atoms with E-state index in [0.29, 0.717) is 33.3 Å². The van der Waals surface area contributed by atoms with Crippen LogP contribution >= 0.6 is 11.6 Å². The number of nitrogens with zero attached hydrogens (tertiary/aromatic N) is 1. The summed E-state index contributed by atoms with van der Waals surface area (Å²) in [6, 6.07) is 19.3. The van der Waals surface area contributed by atoms with Gasteiger partial charge in [-0.2, -0.15) is 0 Å². The minimum Gasteiger partial charge on any atom is -0.507 e. The number of fused-ring (bicyclic) bond motifs is 1. The van der Waals surface area contributed by atoms with E-state index in [2.05, 4.69) is 10.3 Å². The third kappa shape index (κ3) is 3.89. The molecule has 6 heteroatoms. The number of carbonyl (C=O) groups is 1. The highest BCUT2D eigenvalue weighted by molar-refractivity contribution is 6.30. The fourth-order valence-corrected chi connectivity index (χ4v) is 2.83. The van der Waals surface area contributed by atoms with Crippen LogP contribution in [-0.2, 0) is 4.79 Å². The van der Waals surface area contributed by atoms with Gasteiger partial charge in [-0.3, -0.25) is 4.79 Å². The van der Waals surface area contributed by atoms with Gasteiger partial charge in [-0.15, -0.1) is 0 Å². The highest BCUT2D eigenvalue weighted by Gasteiger charge is 2.13. The second-order valence-electron chi connectivity index (χ2n) is 6.09. The molecular weight excluding hydrogens is 376 g/mol. The van der Waals surface area contributed by atoms with Crippen molar-refractivity contribution < 1.29 is 14.3 Å². The second kappa shape index (κ2) is 7.58. The Kier molecular flexibility index (Phi) is 4.83. The van der Waals surface area contributed by atoms with Crippen LogP contribution in [-0.4, -0.2) is 16.0 Å². The number of anilines is 1. The van der Waals surface area contributed by atoms with Crippen molar-refractivity contribution in [3.63, 3.8) is 0 Å². The van der Waals surface area contributed by atoms with Gasteiger partial charge in [0.15, 0.2) is 5.58 Å². The molecule has 3 aromatic carbocycles. The molecule has 1 aromatic heterocycles. The van der Waals surface area contributed by atoms with Gasteiger partial charge in [-0.25, -0.2) is 4.98 Å². The zero-order valence-corrected chi connectivity index (χ0v) is 15.4. The lowest BCUT2D eigenvalue weighted by Gasteiger charge is -2.05. The molecule has 0 saturated carbocycles. The molecular formula is C22H15ClN2O3. The molecule has 5 nitrogen and oxygen atoms in total. The molecule has 0 radical (unpaired) electrons. The first-order chi connectivity index (χ1) is 13.6. The predicted octanol–water partition coefficient (Wildman–Crippen LogP) is 5.51. The Morgan fingerprint density at radius 1 is 1.07 bits per heavy atom. The van der Waals surface area contributed by atoms with Gasteiger partial charge < -0.3 is 14.8 Å². The van der Waals surface area contributed by atoms with Crippen LogP contribution in [0.1, 0.15) is 5.56 Å². The number of carbonyl (C=O) groups excluding carboxylic acids is 1. The smallest absolute Gasteiger partial charge is 0.248 e. The highest BCUT2D eigenvalue weighted by atomic mass is 35.5. The van der Waals surface area contributed by atoms with E-state index < -0.39 is 0 Å². The number of rotatable bonds is 4. The average molecular weight is 391 g/mol. The maximum atomic E-state index is 12.1. The maximum absolute atomic E-state index is 12.1. The summed E-state index contributed by atoms with van der Waals surface area (Å²) in [6.45, 7) is 0. The number of aromatic hydroxyl groups is 1. The summed E-state index contributed by atoms with van der Waals surface area (Å²) in [6.07, 6.45) is 3.09. The molecule has 0 bridgehead atoms. The average Bonchev–Trinajstić information content (AvgIpc) is 3.11. The number of halogens is 1. The number of hydrogen-bond acceptors (Lipinski definition) is 4.